The predicted molar refractivity (Wildman–Crippen MR) is 243 cm³/mol. The molecule has 1 amide bonds. The van der Waals surface area contributed by atoms with E-state index in [1.165, 1.54) is 29.2 Å². The van der Waals surface area contributed by atoms with Crippen molar-refractivity contribution in [3.8, 4) is 44.9 Å². The molecule has 4 aromatic rings. The van der Waals surface area contributed by atoms with Gasteiger partial charge in [0.2, 0.25) is 5.91 Å². The van der Waals surface area contributed by atoms with E-state index in [2.05, 4.69) is 66.0 Å². The van der Waals surface area contributed by atoms with Crippen molar-refractivity contribution in [3.05, 3.63) is 96.1 Å². The standard InChI is InChI=1S/C51H67NO10/c1-38(54)52-25-6-7-29-60-43-16-10-39(11-17-43)41-14-20-45-46-21-15-42(40-12-18-44(19-13-40)61-35-34-59-30-22-49(55)62-50(2,3)4)37-48(46)51(47(45)36-41,23-8-27-57-31-26-53)24-9-28-58-33-32-56-5/h10-21,36-37,53H,6-9,22-35H2,1-5H3,(H,52,54). The number of nitrogens with one attached hydrogen (secondary N) is 1. The molecule has 0 aromatic heterocycles. The number of esters is 1. The number of unbranched alkanes of at least 4 members (excludes halogenated alkanes) is 1. The lowest BCUT2D eigenvalue weighted by Gasteiger charge is -2.33. The van der Waals surface area contributed by atoms with Crippen molar-refractivity contribution in [1.29, 1.82) is 0 Å². The number of aliphatic hydroxyl groups excluding tert-OH is 1. The minimum absolute atomic E-state index is 0.00175. The van der Waals surface area contributed by atoms with Crippen molar-refractivity contribution in [1.82, 2.24) is 5.32 Å². The summed E-state index contributed by atoms with van der Waals surface area (Å²) in [4.78, 5) is 23.1. The lowest BCUT2D eigenvalue weighted by atomic mass is 9.70. The third kappa shape index (κ3) is 14.7. The Hall–Kier alpha value is -4.78. The van der Waals surface area contributed by atoms with E-state index in [0.717, 1.165) is 72.3 Å². The number of fused-ring (bicyclic) bond motifs is 3. The van der Waals surface area contributed by atoms with Crippen molar-refractivity contribution in [2.45, 2.75) is 83.7 Å². The van der Waals surface area contributed by atoms with Crippen molar-refractivity contribution in [3.63, 3.8) is 0 Å². The van der Waals surface area contributed by atoms with Crippen LogP contribution >= 0.6 is 0 Å². The molecule has 0 spiro atoms. The fourth-order valence-corrected chi connectivity index (χ4v) is 7.92. The summed E-state index contributed by atoms with van der Waals surface area (Å²) in [6.45, 7) is 12.0. The number of benzene rings is 4. The molecule has 0 fully saturated rings. The maximum atomic E-state index is 12.0. The van der Waals surface area contributed by atoms with Gasteiger partial charge in [-0.15, -0.1) is 0 Å². The molecule has 0 heterocycles. The highest BCUT2D eigenvalue weighted by molar-refractivity contribution is 5.86. The molecule has 2 N–H and O–H groups in total. The molecular formula is C51H67NO10. The number of rotatable bonds is 28. The average Bonchev–Trinajstić information content (AvgIpc) is 3.52. The summed E-state index contributed by atoms with van der Waals surface area (Å²) in [6.07, 6.45) is 5.36. The van der Waals surface area contributed by atoms with Crippen molar-refractivity contribution >= 4 is 11.9 Å². The monoisotopic (exact) mass is 853 g/mol. The van der Waals surface area contributed by atoms with Crippen molar-refractivity contribution < 1.29 is 47.9 Å². The van der Waals surface area contributed by atoms with Gasteiger partial charge in [-0.1, -0.05) is 48.5 Å². The predicted octanol–water partition coefficient (Wildman–Crippen LogP) is 8.94. The Bertz CT molecular complexity index is 1970. The lowest BCUT2D eigenvalue weighted by Crippen LogP contribution is -2.27. The van der Waals surface area contributed by atoms with Gasteiger partial charge in [0.05, 0.1) is 52.7 Å². The molecule has 62 heavy (non-hydrogen) atoms. The van der Waals surface area contributed by atoms with E-state index in [9.17, 15) is 14.7 Å². The van der Waals surface area contributed by atoms with Crippen LogP contribution in [0.15, 0.2) is 84.9 Å². The zero-order valence-corrected chi connectivity index (χ0v) is 37.4. The maximum absolute atomic E-state index is 12.0. The van der Waals surface area contributed by atoms with E-state index < -0.39 is 5.60 Å². The van der Waals surface area contributed by atoms with E-state index in [1.54, 1.807) is 7.11 Å². The number of carbonyl (C=O) groups is 2. The molecule has 5 rings (SSSR count). The first kappa shape index (κ1) is 48.3. The van der Waals surface area contributed by atoms with Crippen LogP contribution in [0.25, 0.3) is 33.4 Å². The first-order valence-electron chi connectivity index (χ1n) is 22.1. The molecule has 1 aliphatic carbocycles. The second kappa shape index (κ2) is 24.8. The number of hydrogen-bond acceptors (Lipinski definition) is 10. The van der Waals surface area contributed by atoms with Crippen LogP contribution in [0.2, 0.25) is 0 Å². The summed E-state index contributed by atoms with van der Waals surface area (Å²) in [5.41, 5.74) is 8.72. The highest BCUT2D eigenvalue weighted by Gasteiger charge is 2.42. The van der Waals surface area contributed by atoms with E-state index in [4.69, 9.17) is 33.2 Å². The van der Waals surface area contributed by atoms with Crippen LogP contribution in [-0.4, -0.2) is 102 Å². The number of amides is 1. The summed E-state index contributed by atoms with van der Waals surface area (Å²) in [5, 5.41) is 12.2. The van der Waals surface area contributed by atoms with Crippen LogP contribution in [-0.2, 0) is 38.7 Å². The molecule has 1 unspecified atom stereocenters. The van der Waals surface area contributed by atoms with Gasteiger partial charge in [0.1, 0.15) is 23.7 Å². The van der Waals surface area contributed by atoms with Gasteiger partial charge in [-0.2, -0.15) is 0 Å². The SMILES string of the molecule is COCCOCCCC1(CCCOCCO)c2cc(-c3ccc(OCCCCNC(C)=O)cc3)ccc2-c2ccc(-c3ccc(OCCOCCC(=O)OC(C)(C)C)cc3)cc21. The third-order valence-corrected chi connectivity index (χ3v) is 10.8. The minimum Gasteiger partial charge on any atom is -0.494 e. The van der Waals surface area contributed by atoms with Crippen LogP contribution in [0.4, 0.5) is 0 Å². The van der Waals surface area contributed by atoms with Gasteiger partial charge >= 0.3 is 5.97 Å². The van der Waals surface area contributed by atoms with Crippen LogP contribution in [0.3, 0.4) is 0 Å². The van der Waals surface area contributed by atoms with Crippen LogP contribution in [0.5, 0.6) is 11.5 Å². The molecule has 11 nitrogen and oxygen atoms in total. The molecule has 1 aliphatic rings. The number of methoxy groups -OCH3 is 1. The van der Waals surface area contributed by atoms with Crippen molar-refractivity contribution in [2.75, 3.05) is 79.7 Å². The Balaban J connectivity index is 1.35. The Morgan fingerprint density at radius 1 is 0.597 bits per heavy atom. The Kier molecular flexibility index (Phi) is 19.3. The third-order valence-electron chi connectivity index (χ3n) is 10.8. The molecule has 4 aromatic carbocycles. The first-order chi connectivity index (χ1) is 30.0. The molecular weight excluding hydrogens is 787 g/mol. The van der Waals surface area contributed by atoms with Gasteiger partial charge < -0.3 is 43.6 Å². The van der Waals surface area contributed by atoms with E-state index in [0.29, 0.717) is 59.4 Å². The topological polar surface area (TPSA) is 131 Å². The fourth-order valence-electron chi connectivity index (χ4n) is 7.92. The summed E-state index contributed by atoms with van der Waals surface area (Å²) in [6, 6.07) is 30.2. The van der Waals surface area contributed by atoms with Gasteiger partial charge in [0.15, 0.2) is 0 Å². The summed E-state index contributed by atoms with van der Waals surface area (Å²) >= 11 is 0. The molecule has 1 atom stereocenters. The average molecular weight is 854 g/mol. The van der Waals surface area contributed by atoms with Crippen LogP contribution < -0.4 is 14.8 Å². The summed E-state index contributed by atoms with van der Waals surface area (Å²) in [7, 11) is 1.69. The Labute approximate surface area is 368 Å². The molecule has 0 saturated heterocycles. The number of ether oxygens (including phenoxy) is 7. The van der Waals surface area contributed by atoms with Gasteiger partial charge in [0.25, 0.3) is 0 Å². The molecule has 0 bridgehead atoms. The zero-order chi connectivity index (χ0) is 44.2. The van der Waals surface area contributed by atoms with E-state index >= 15 is 0 Å². The zero-order valence-electron chi connectivity index (χ0n) is 37.4. The van der Waals surface area contributed by atoms with Crippen molar-refractivity contribution in [2.24, 2.45) is 0 Å². The van der Waals surface area contributed by atoms with E-state index in [1.807, 2.05) is 45.0 Å². The molecule has 0 saturated carbocycles. The molecule has 0 radical (unpaired) electrons. The Morgan fingerprint density at radius 3 is 1.65 bits per heavy atom. The molecule has 0 aliphatic heterocycles. The van der Waals surface area contributed by atoms with Gasteiger partial charge in [-0.3, -0.25) is 9.59 Å². The summed E-state index contributed by atoms with van der Waals surface area (Å²) < 4.78 is 40.0. The molecule has 11 heteroatoms. The second-order valence-corrected chi connectivity index (χ2v) is 16.6. The highest BCUT2D eigenvalue weighted by atomic mass is 16.6. The Morgan fingerprint density at radius 2 is 1.11 bits per heavy atom. The molecule has 336 valence electrons. The smallest absolute Gasteiger partial charge is 0.308 e. The highest BCUT2D eigenvalue weighted by Crippen LogP contribution is 2.55. The maximum Gasteiger partial charge on any atom is 0.308 e. The second-order valence-electron chi connectivity index (χ2n) is 16.6. The summed E-state index contributed by atoms with van der Waals surface area (Å²) in [5.74, 6) is 1.28. The number of carbonyl (C=O) groups excluding carboxylic acids is 2. The van der Waals surface area contributed by atoms with Gasteiger partial charge in [-0.25, -0.2) is 0 Å². The number of hydrogen-bond donors (Lipinski definition) is 2. The van der Waals surface area contributed by atoms with Gasteiger partial charge in [0, 0.05) is 39.2 Å². The van der Waals surface area contributed by atoms with Crippen LogP contribution in [0, 0.1) is 0 Å². The van der Waals surface area contributed by atoms with E-state index in [-0.39, 0.29) is 36.9 Å². The fraction of sp³-hybridized carbons (Fsp3) is 0.490. The van der Waals surface area contributed by atoms with Gasteiger partial charge in [-0.05, 0) is 140 Å². The minimum atomic E-state index is -0.510. The quantitative estimate of drug-likeness (QED) is 0.0422. The largest absolute Gasteiger partial charge is 0.494 e. The lowest BCUT2D eigenvalue weighted by molar-refractivity contribution is -0.156. The normalized spacial score (nSPS) is 14.3. The number of aliphatic hydroxyl groups is 1. The van der Waals surface area contributed by atoms with Crippen LogP contribution in [0.1, 0.15) is 83.8 Å². The first-order valence-corrected chi connectivity index (χ1v) is 22.1.